The summed E-state index contributed by atoms with van der Waals surface area (Å²) in [4.78, 5) is 11.9. The molecule has 0 saturated carbocycles. The Kier molecular flexibility index (Phi) is 6.56. The van der Waals surface area contributed by atoms with Crippen molar-refractivity contribution in [1.29, 1.82) is 0 Å². The Balaban J connectivity index is 2.00. The summed E-state index contributed by atoms with van der Waals surface area (Å²) in [5.74, 6) is -0.336. The van der Waals surface area contributed by atoms with Gasteiger partial charge in [0.05, 0.1) is 12.5 Å². The van der Waals surface area contributed by atoms with E-state index in [1.165, 1.54) is 10.4 Å². The fourth-order valence-corrected chi connectivity index (χ4v) is 9.15. The lowest BCUT2D eigenvalue weighted by Crippen LogP contribution is -2.67. The molecule has 0 amide bonds. The van der Waals surface area contributed by atoms with Gasteiger partial charge in [-0.2, -0.15) is 0 Å². The number of hydrogen-bond donors (Lipinski definition) is 1. The van der Waals surface area contributed by atoms with Gasteiger partial charge in [0.25, 0.3) is 8.32 Å². The Labute approximate surface area is 181 Å². The third-order valence-corrected chi connectivity index (χ3v) is 11.1. The van der Waals surface area contributed by atoms with Crippen molar-refractivity contribution in [3.05, 3.63) is 60.7 Å². The van der Waals surface area contributed by atoms with E-state index in [9.17, 15) is 9.90 Å². The zero-order valence-corrected chi connectivity index (χ0v) is 19.7. The fourth-order valence-electron chi connectivity index (χ4n) is 4.41. The number of aliphatic hydroxyl groups is 1. The number of carbonyl (C=O) groups is 1. The quantitative estimate of drug-likeness (QED) is 0.566. The molecule has 0 aromatic heterocycles. The van der Waals surface area contributed by atoms with Crippen LogP contribution >= 0.6 is 0 Å². The molecule has 2 aromatic carbocycles. The third-order valence-electron chi connectivity index (χ3n) is 6.11. The van der Waals surface area contributed by atoms with Crippen LogP contribution in [0.1, 0.15) is 47.5 Å². The minimum atomic E-state index is -2.66. The minimum Gasteiger partial charge on any atom is -0.462 e. The summed E-state index contributed by atoms with van der Waals surface area (Å²) >= 11 is 0. The first-order valence-corrected chi connectivity index (χ1v) is 12.6. The summed E-state index contributed by atoms with van der Waals surface area (Å²) in [5.41, 5.74) is -0.426. The Morgan fingerprint density at radius 1 is 0.967 bits per heavy atom. The maximum Gasteiger partial charge on any atom is 0.308 e. The Morgan fingerprint density at radius 3 is 1.90 bits per heavy atom. The van der Waals surface area contributed by atoms with Crippen LogP contribution in [-0.4, -0.2) is 38.2 Å². The molecular formula is C25H34O4Si. The van der Waals surface area contributed by atoms with Crippen LogP contribution in [0, 0.1) is 5.41 Å². The molecule has 162 valence electrons. The SMILES string of the molecule is CC(C)(CO[Si](c1ccccc1)(c1ccccc1)C(C)(C)C)[C@@H]1C[C@H](O)CC(=O)O1. The Bertz CT molecular complexity index is 803. The summed E-state index contributed by atoms with van der Waals surface area (Å²) in [6.45, 7) is 11.3. The third kappa shape index (κ3) is 4.53. The second-order valence-electron chi connectivity index (χ2n) is 10.0. The second-order valence-corrected chi connectivity index (χ2v) is 14.3. The molecule has 0 bridgehead atoms. The molecule has 30 heavy (non-hydrogen) atoms. The van der Waals surface area contributed by atoms with Gasteiger partial charge in [0, 0.05) is 18.4 Å². The lowest BCUT2D eigenvalue weighted by molar-refractivity contribution is -0.170. The van der Waals surface area contributed by atoms with Gasteiger partial charge >= 0.3 is 5.97 Å². The first-order chi connectivity index (χ1) is 14.1. The monoisotopic (exact) mass is 426 g/mol. The van der Waals surface area contributed by atoms with Gasteiger partial charge in [-0.25, -0.2) is 0 Å². The van der Waals surface area contributed by atoms with Crippen LogP contribution in [0.25, 0.3) is 0 Å². The van der Waals surface area contributed by atoms with E-state index in [1.807, 2.05) is 12.1 Å². The van der Waals surface area contributed by atoms with Crippen LogP contribution < -0.4 is 10.4 Å². The highest BCUT2D eigenvalue weighted by molar-refractivity contribution is 6.99. The molecule has 1 saturated heterocycles. The van der Waals surface area contributed by atoms with Crippen LogP contribution in [-0.2, 0) is 14.0 Å². The number of cyclic esters (lactones) is 1. The number of carbonyl (C=O) groups excluding carboxylic acids is 1. The van der Waals surface area contributed by atoms with E-state index in [0.29, 0.717) is 13.0 Å². The first kappa shape index (κ1) is 22.7. The summed E-state index contributed by atoms with van der Waals surface area (Å²) in [5, 5.41) is 12.4. The lowest BCUT2D eigenvalue weighted by Gasteiger charge is -2.46. The lowest BCUT2D eigenvalue weighted by atomic mass is 9.83. The van der Waals surface area contributed by atoms with Gasteiger partial charge in [-0.15, -0.1) is 0 Å². The van der Waals surface area contributed by atoms with Crippen molar-refractivity contribution in [2.24, 2.45) is 5.41 Å². The largest absolute Gasteiger partial charge is 0.462 e. The van der Waals surface area contributed by atoms with Crippen molar-refractivity contribution < 1.29 is 19.1 Å². The van der Waals surface area contributed by atoms with Crippen LogP contribution in [0.2, 0.25) is 5.04 Å². The van der Waals surface area contributed by atoms with E-state index in [2.05, 4.69) is 83.1 Å². The molecule has 3 rings (SSSR count). The van der Waals surface area contributed by atoms with Crippen molar-refractivity contribution in [2.75, 3.05) is 6.61 Å². The van der Waals surface area contributed by atoms with E-state index in [-0.39, 0.29) is 23.5 Å². The number of benzene rings is 2. The highest BCUT2D eigenvalue weighted by Gasteiger charge is 2.51. The van der Waals surface area contributed by atoms with E-state index < -0.39 is 19.8 Å². The molecule has 2 atom stereocenters. The summed E-state index contributed by atoms with van der Waals surface area (Å²) in [7, 11) is -2.66. The fraction of sp³-hybridized carbons (Fsp3) is 0.480. The first-order valence-electron chi connectivity index (χ1n) is 10.7. The van der Waals surface area contributed by atoms with Gasteiger partial charge in [-0.3, -0.25) is 4.79 Å². The highest BCUT2D eigenvalue weighted by Crippen LogP contribution is 2.39. The molecular weight excluding hydrogens is 392 g/mol. The van der Waals surface area contributed by atoms with Gasteiger partial charge in [0.2, 0.25) is 0 Å². The van der Waals surface area contributed by atoms with Gasteiger partial charge in [-0.1, -0.05) is 95.3 Å². The molecule has 0 spiro atoms. The number of ether oxygens (including phenoxy) is 1. The number of hydrogen-bond acceptors (Lipinski definition) is 4. The molecule has 1 aliphatic rings. The average molecular weight is 427 g/mol. The maximum absolute atomic E-state index is 11.9. The molecule has 5 heteroatoms. The zero-order valence-electron chi connectivity index (χ0n) is 18.7. The predicted octanol–water partition coefficient (Wildman–Crippen LogP) is 3.66. The van der Waals surface area contributed by atoms with Crippen molar-refractivity contribution in [3.63, 3.8) is 0 Å². The van der Waals surface area contributed by atoms with Crippen LogP contribution in [0.3, 0.4) is 0 Å². The second kappa shape index (κ2) is 8.65. The van der Waals surface area contributed by atoms with Crippen molar-refractivity contribution in [2.45, 2.75) is 64.7 Å². The van der Waals surface area contributed by atoms with E-state index >= 15 is 0 Å². The van der Waals surface area contributed by atoms with Crippen molar-refractivity contribution in [1.82, 2.24) is 0 Å². The summed E-state index contributed by atoms with van der Waals surface area (Å²) in [6.07, 6.45) is -0.499. The van der Waals surface area contributed by atoms with Crippen LogP contribution in [0.4, 0.5) is 0 Å². The minimum absolute atomic E-state index is 0.0716. The molecule has 4 nitrogen and oxygen atoms in total. The maximum atomic E-state index is 11.9. The standard InChI is InChI=1S/C25H34O4Si/c1-24(2,3)30(20-12-8-6-9-13-20,21-14-10-7-11-15-21)28-18-25(4,5)22-16-19(26)17-23(27)29-22/h6-15,19,22,26H,16-18H2,1-5H3/t19-,22-/m0/s1. The molecule has 0 aliphatic carbocycles. The van der Waals surface area contributed by atoms with Gasteiger partial charge in [0.15, 0.2) is 0 Å². The number of aliphatic hydroxyl groups excluding tert-OH is 1. The van der Waals surface area contributed by atoms with Gasteiger partial charge in [0.1, 0.15) is 6.10 Å². The molecule has 1 aliphatic heterocycles. The van der Waals surface area contributed by atoms with E-state index in [1.54, 1.807) is 0 Å². The predicted molar refractivity (Wildman–Crippen MR) is 122 cm³/mol. The van der Waals surface area contributed by atoms with E-state index in [0.717, 1.165) is 0 Å². The molecule has 2 aromatic rings. The number of esters is 1. The molecule has 0 unspecified atom stereocenters. The smallest absolute Gasteiger partial charge is 0.308 e. The Hall–Kier alpha value is -1.95. The molecule has 1 N–H and O–H groups in total. The Morgan fingerprint density at radius 2 is 1.47 bits per heavy atom. The van der Waals surface area contributed by atoms with E-state index in [4.69, 9.17) is 9.16 Å². The van der Waals surface area contributed by atoms with Crippen LogP contribution in [0.5, 0.6) is 0 Å². The average Bonchev–Trinajstić information content (AvgIpc) is 2.68. The van der Waals surface area contributed by atoms with Crippen LogP contribution in [0.15, 0.2) is 60.7 Å². The van der Waals surface area contributed by atoms with Gasteiger partial charge < -0.3 is 14.3 Å². The molecule has 1 fully saturated rings. The summed E-state index contributed by atoms with van der Waals surface area (Å²) < 4.78 is 12.6. The molecule has 0 radical (unpaired) electrons. The highest BCUT2D eigenvalue weighted by atomic mass is 28.4. The number of rotatable bonds is 6. The summed E-state index contributed by atoms with van der Waals surface area (Å²) in [6, 6.07) is 21.0. The normalized spacial score (nSPS) is 20.7. The zero-order chi connectivity index (χ0) is 22.0. The molecule has 1 heterocycles. The van der Waals surface area contributed by atoms with Crippen molar-refractivity contribution >= 4 is 24.7 Å². The van der Waals surface area contributed by atoms with Gasteiger partial charge in [-0.05, 0) is 15.4 Å². The topological polar surface area (TPSA) is 55.8 Å². The van der Waals surface area contributed by atoms with Crippen molar-refractivity contribution in [3.8, 4) is 0 Å².